The molecule has 0 spiro atoms. The first kappa shape index (κ1) is 17.9. The largest absolute Gasteiger partial charge is 0.393 e. The third kappa shape index (κ3) is 4.10. The second kappa shape index (κ2) is 7.62. The molecule has 1 saturated heterocycles. The van der Waals surface area contributed by atoms with E-state index in [9.17, 15) is 9.50 Å². The van der Waals surface area contributed by atoms with Gasteiger partial charge in [-0.25, -0.2) is 9.07 Å². The average molecular weight is 365 g/mol. The Kier molecular flexibility index (Phi) is 5.05. The van der Waals surface area contributed by atoms with Crippen molar-refractivity contribution >= 4 is 0 Å². The lowest BCUT2D eigenvalue weighted by Gasteiger charge is -2.29. The number of hydrogen-bond acceptors (Lipinski definition) is 3. The summed E-state index contributed by atoms with van der Waals surface area (Å²) in [5.41, 5.74) is 4.82. The van der Waals surface area contributed by atoms with Gasteiger partial charge in [0.15, 0.2) is 0 Å². The van der Waals surface area contributed by atoms with Gasteiger partial charge < -0.3 is 5.11 Å². The fraction of sp³-hybridized carbons (Fsp3) is 0.318. The van der Waals surface area contributed by atoms with Crippen LogP contribution in [0.1, 0.15) is 24.0 Å². The predicted molar refractivity (Wildman–Crippen MR) is 104 cm³/mol. The zero-order valence-electron chi connectivity index (χ0n) is 15.5. The van der Waals surface area contributed by atoms with Crippen molar-refractivity contribution in [2.24, 2.45) is 0 Å². The minimum Gasteiger partial charge on any atom is -0.393 e. The van der Waals surface area contributed by atoms with Gasteiger partial charge in [-0.2, -0.15) is 5.10 Å². The van der Waals surface area contributed by atoms with Crippen LogP contribution in [-0.4, -0.2) is 39.0 Å². The number of nitrogens with zero attached hydrogens (tertiary/aromatic N) is 3. The van der Waals surface area contributed by atoms with Crippen LogP contribution < -0.4 is 0 Å². The number of aromatic nitrogens is 2. The summed E-state index contributed by atoms with van der Waals surface area (Å²) in [6.45, 7) is 4.52. The molecule has 1 aliphatic heterocycles. The zero-order chi connectivity index (χ0) is 18.8. The highest BCUT2D eigenvalue weighted by molar-refractivity contribution is 5.63. The molecule has 2 aromatic carbocycles. The van der Waals surface area contributed by atoms with Crippen LogP contribution in [0.15, 0.2) is 54.7 Å². The number of aliphatic hydroxyl groups is 1. The number of benzene rings is 2. The van der Waals surface area contributed by atoms with Gasteiger partial charge in [0.2, 0.25) is 0 Å². The highest BCUT2D eigenvalue weighted by Crippen LogP contribution is 2.26. The molecule has 1 fully saturated rings. The van der Waals surface area contributed by atoms with E-state index in [1.165, 1.54) is 17.7 Å². The number of aliphatic hydroxyl groups excluding tert-OH is 1. The van der Waals surface area contributed by atoms with Gasteiger partial charge in [0, 0.05) is 37.0 Å². The van der Waals surface area contributed by atoms with Gasteiger partial charge in [0.25, 0.3) is 0 Å². The molecule has 1 aliphatic rings. The number of rotatable bonds is 4. The Labute approximate surface area is 158 Å². The van der Waals surface area contributed by atoms with Crippen LogP contribution in [0, 0.1) is 12.7 Å². The van der Waals surface area contributed by atoms with Crippen LogP contribution in [0.4, 0.5) is 4.39 Å². The van der Waals surface area contributed by atoms with Crippen LogP contribution in [0.25, 0.3) is 16.9 Å². The van der Waals surface area contributed by atoms with Crippen molar-refractivity contribution in [1.29, 1.82) is 0 Å². The van der Waals surface area contributed by atoms with Gasteiger partial charge in [-0.1, -0.05) is 24.3 Å². The Bertz CT molecular complexity index is 929. The molecule has 3 aromatic rings. The lowest BCUT2D eigenvalue weighted by atomic mass is 10.0. The fourth-order valence-corrected chi connectivity index (χ4v) is 3.63. The average Bonchev–Trinajstić information content (AvgIpc) is 3.07. The predicted octanol–water partition coefficient (Wildman–Crippen LogP) is 3.94. The third-order valence-electron chi connectivity index (χ3n) is 5.11. The van der Waals surface area contributed by atoms with Gasteiger partial charge >= 0.3 is 0 Å². The summed E-state index contributed by atoms with van der Waals surface area (Å²) in [7, 11) is 0. The molecule has 0 amide bonds. The Morgan fingerprint density at radius 1 is 1.11 bits per heavy atom. The van der Waals surface area contributed by atoms with Gasteiger partial charge in [-0.05, 0) is 49.6 Å². The zero-order valence-corrected chi connectivity index (χ0v) is 15.5. The number of halogens is 1. The minimum atomic E-state index is -0.260. The number of aryl methyl sites for hydroxylation is 1. The smallest absolute Gasteiger partial charge is 0.123 e. The molecule has 27 heavy (non-hydrogen) atoms. The van der Waals surface area contributed by atoms with E-state index in [2.05, 4.69) is 24.0 Å². The standard InChI is InChI=1S/C22H24FN3O/c1-16-4-2-7-20(12-16)26-15-18(14-25-10-8-21(27)9-11-25)22(24-26)17-5-3-6-19(23)13-17/h2-7,12-13,15,21,27H,8-11,14H2,1H3. The number of piperidine rings is 1. The molecule has 140 valence electrons. The van der Waals surface area contributed by atoms with Crippen molar-refractivity contribution in [3.8, 4) is 16.9 Å². The highest BCUT2D eigenvalue weighted by Gasteiger charge is 2.20. The summed E-state index contributed by atoms with van der Waals surface area (Å²) in [5.74, 6) is -0.260. The minimum absolute atomic E-state index is 0.195. The molecule has 1 aromatic heterocycles. The normalized spacial score (nSPS) is 16.0. The molecule has 4 nitrogen and oxygen atoms in total. The maximum absolute atomic E-state index is 13.8. The van der Waals surface area contributed by atoms with Crippen molar-refractivity contribution < 1.29 is 9.50 Å². The lowest BCUT2D eigenvalue weighted by Crippen LogP contribution is -2.35. The molecule has 2 heterocycles. The van der Waals surface area contributed by atoms with Crippen molar-refractivity contribution in [1.82, 2.24) is 14.7 Å². The van der Waals surface area contributed by atoms with E-state index in [4.69, 9.17) is 5.10 Å². The molecule has 0 saturated carbocycles. The highest BCUT2D eigenvalue weighted by atomic mass is 19.1. The Balaban J connectivity index is 1.71. The quantitative estimate of drug-likeness (QED) is 0.761. The van der Waals surface area contributed by atoms with E-state index < -0.39 is 0 Å². The number of likely N-dealkylation sites (tertiary alicyclic amines) is 1. The van der Waals surface area contributed by atoms with Gasteiger partial charge in [-0.15, -0.1) is 0 Å². The summed E-state index contributed by atoms with van der Waals surface area (Å²) in [6.07, 6.45) is 3.43. The lowest BCUT2D eigenvalue weighted by molar-refractivity contribution is 0.0793. The fourth-order valence-electron chi connectivity index (χ4n) is 3.63. The van der Waals surface area contributed by atoms with E-state index in [-0.39, 0.29) is 11.9 Å². The van der Waals surface area contributed by atoms with E-state index in [0.29, 0.717) is 0 Å². The number of hydrogen-bond donors (Lipinski definition) is 1. The Morgan fingerprint density at radius 3 is 2.63 bits per heavy atom. The van der Waals surface area contributed by atoms with Crippen LogP contribution in [0.2, 0.25) is 0 Å². The topological polar surface area (TPSA) is 41.3 Å². The molecule has 1 N–H and O–H groups in total. The van der Waals surface area contributed by atoms with Crippen molar-refractivity contribution in [3.63, 3.8) is 0 Å². The van der Waals surface area contributed by atoms with E-state index >= 15 is 0 Å². The van der Waals surface area contributed by atoms with Crippen LogP contribution in [0.5, 0.6) is 0 Å². The Hall–Kier alpha value is -2.50. The first-order valence-electron chi connectivity index (χ1n) is 9.40. The second-order valence-corrected chi connectivity index (χ2v) is 7.30. The summed E-state index contributed by atoms with van der Waals surface area (Å²) in [6, 6.07) is 14.8. The monoisotopic (exact) mass is 365 g/mol. The van der Waals surface area contributed by atoms with E-state index in [1.807, 2.05) is 29.1 Å². The third-order valence-corrected chi connectivity index (χ3v) is 5.11. The molecule has 0 bridgehead atoms. The molecule has 0 radical (unpaired) electrons. The van der Waals surface area contributed by atoms with Crippen LogP contribution in [-0.2, 0) is 6.54 Å². The van der Waals surface area contributed by atoms with Crippen LogP contribution in [0.3, 0.4) is 0 Å². The van der Waals surface area contributed by atoms with Crippen molar-refractivity contribution in [2.75, 3.05) is 13.1 Å². The first-order chi connectivity index (χ1) is 13.1. The van der Waals surface area contributed by atoms with Gasteiger partial charge in [0.1, 0.15) is 5.82 Å². The molecule has 0 unspecified atom stereocenters. The van der Waals surface area contributed by atoms with Crippen molar-refractivity contribution in [2.45, 2.75) is 32.4 Å². The molecular formula is C22H24FN3O. The maximum Gasteiger partial charge on any atom is 0.123 e. The molecule has 0 atom stereocenters. The van der Waals surface area contributed by atoms with Gasteiger partial charge in [-0.3, -0.25) is 4.90 Å². The van der Waals surface area contributed by atoms with E-state index in [0.717, 1.165) is 55.0 Å². The summed E-state index contributed by atoms with van der Waals surface area (Å²) in [5, 5.41) is 14.5. The summed E-state index contributed by atoms with van der Waals surface area (Å²) < 4.78 is 15.7. The molecular weight excluding hydrogens is 341 g/mol. The van der Waals surface area contributed by atoms with Crippen LogP contribution >= 0.6 is 0 Å². The maximum atomic E-state index is 13.8. The molecule has 0 aliphatic carbocycles. The Morgan fingerprint density at radius 2 is 1.89 bits per heavy atom. The van der Waals surface area contributed by atoms with E-state index in [1.54, 1.807) is 6.07 Å². The summed E-state index contributed by atoms with van der Waals surface area (Å²) >= 11 is 0. The molecule has 4 rings (SSSR count). The molecule has 5 heteroatoms. The summed E-state index contributed by atoms with van der Waals surface area (Å²) in [4.78, 5) is 2.33. The second-order valence-electron chi connectivity index (χ2n) is 7.30. The van der Waals surface area contributed by atoms with Crippen molar-refractivity contribution in [3.05, 3.63) is 71.7 Å². The van der Waals surface area contributed by atoms with Gasteiger partial charge in [0.05, 0.1) is 17.5 Å². The first-order valence-corrected chi connectivity index (χ1v) is 9.40. The SMILES string of the molecule is Cc1cccc(-n2cc(CN3CCC(O)CC3)c(-c3cccc(F)c3)n2)c1.